The fourth-order valence-corrected chi connectivity index (χ4v) is 7.17. The van der Waals surface area contributed by atoms with Gasteiger partial charge in [-0.05, 0) is 64.2 Å². The van der Waals surface area contributed by atoms with Gasteiger partial charge < -0.3 is 25.7 Å². The quantitative estimate of drug-likeness (QED) is 0.0312. The predicted octanol–water partition coefficient (Wildman–Crippen LogP) is 13.1. The highest BCUT2D eigenvalue weighted by Gasteiger charge is 2.28. The van der Waals surface area contributed by atoms with Gasteiger partial charge in [0, 0.05) is 6.42 Å². The minimum Gasteiger partial charge on any atom is -0.394 e. The molecule has 328 valence electrons. The van der Waals surface area contributed by atoms with E-state index in [1.807, 2.05) is 6.08 Å². The van der Waals surface area contributed by atoms with Crippen molar-refractivity contribution in [2.45, 2.75) is 257 Å². The number of amides is 1. The molecule has 0 heterocycles. The van der Waals surface area contributed by atoms with Crippen molar-refractivity contribution in [3.63, 3.8) is 0 Å². The van der Waals surface area contributed by atoms with Crippen LogP contribution >= 0.6 is 0 Å². The number of unbranched alkanes of at least 4 members (excludes halogenated alkanes) is 27. The Kier molecular flexibility index (Phi) is 43.0. The summed E-state index contributed by atoms with van der Waals surface area (Å²) in [6.07, 6.45) is 54.8. The Bertz CT molecular complexity index is 930. The molecule has 0 rings (SSSR count). The normalized spacial score (nSPS) is 14.5. The summed E-state index contributed by atoms with van der Waals surface area (Å²) in [6, 6.07) is -1.04. The van der Waals surface area contributed by atoms with Crippen LogP contribution in [-0.4, -0.2) is 57.3 Å². The fraction of sp³-hybridized carbons (Fsp3) is 0.820. The first kappa shape index (κ1) is 54.3. The molecule has 0 aromatic carbocycles. The highest BCUT2D eigenvalue weighted by Crippen LogP contribution is 2.16. The maximum absolute atomic E-state index is 12.4. The van der Waals surface area contributed by atoms with Crippen LogP contribution in [0.5, 0.6) is 0 Å². The molecule has 4 unspecified atom stereocenters. The van der Waals surface area contributed by atoms with Crippen LogP contribution in [0.15, 0.2) is 48.6 Å². The lowest BCUT2D eigenvalue weighted by Gasteiger charge is -2.27. The smallest absolute Gasteiger partial charge is 0.249 e. The summed E-state index contributed by atoms with van der Waals surface area (Å²) in [4.78, 5) is 12.4. The van der Waals surface area contributed by atoms with Gasteiger partial charge in [0.15, 0.2) is 0 Å². The third kappa shape index (κ3) is 37.8. The van der Waals surface area contributed by atoms with Crippen LogP contribution in [0, 0.1) is 0 Å². The van der Waals surface area contributed by atoms with E-state index in [0.717, 1.165) is 32.1 Å². The zero-order chi connectivity index (χ0) is 41.0. The molecule has 0 aliphatic rings. The van der Waals surface area contributed by atoms with Gasteiger partial charge >= 0.3 is 0 Å². The molecule has 6 heteroatoms. The monoisotopic (exact) mass is 788 g/mol. The van der Waals surface area contributed by atoms with Crippen LogP contribution in [0.3, 0.4) is 0 Å². The third-order valence-corrected chi connectivity index (χ3v) is 11.0. The molecule has 0 saturated heterocycles. The molecular weight excluding hydrogens is 695 g/mol. The second-order valence-electron chi connectivity index (χ2n) is 16.4. The summed E-state index contributed by atoms with van der Waals surface area (Å²) in [5.41, 5.74) is 0. The van der Waals surface area contributed by atoms with Crippen molar-refractivity contribution in [2.75, 3.05) is 6.61 Å². The van der Waals surface area contributed by atoms with E-state index < -0.39 is 36.9 Å². The third-order valence-electron chi connectivity index (χ3n) is 11.0. The molecule has 0 spiro atoms. The van der Waals surface area contributed by atoms with E-state index in [0.29, 0.717) is 12.8 Å². The van der Waals surface area contributed by atoms with Gasteiger partial charge in [0.05, 0.1) is 18.8 Å². The zero-order valence-corrected chi connectivity index (χ0v) is 36.9. The molecular formula is C50H93NO5. The first-order valence-corrected chi connectivity index (χ1v) is 24.0. The molecule has 6 nitrogen and oxygen atoms in total. The average Bonchev–Trinajstić information content (AvgIpc) is 3.20. The van der Waals surface area contributed by atoms with Crippen molar-refractivity contribution < 1.29 is 25.2 Å². The molecule has 0 bridgehead atoms. The van der Waals surface area contributed by atoms with Crippen molar-refractivity contribution in [2.24, 2.45) is 0 Å². The number of hydrogen-bond acceptors (Lipinski definition) is 5. The van der Waals surface area contributed by atoms with E-state index in [1.165, 1.54) is 167 Å². The Morgan fingerprint density at radius 3 is 1.25 bits per heavy atom. The summed E-state index contributed by atoms with van der Waals surface area (Å²) in [6.45, 7) is 3.99. The predicted molar refractivity (Wildman–Crippen MR) is 242 cm³/mol. The molecule has 0 aliphatic carbocycles. The van der Waals surface area contributed by atoms with Gasteiger partial charge in [-0.3, -0.25) is 4.79 Å². The molecule has 0 aromatic heterocycles. The van der Waals surface area contributed by atoms with Crippen molar-refractivity contribution >= 4 is 5.91 Å². The minimum absolute atomic E-state index is 0.148. The molecule has 0 radical (unpaired) electrons. The topological polar surface area (TPSA) is 110 Å². The van der Waals surface area contributed by atoms with Crippen LogP contribution in [-0.2, 0) is 4.79 Å². The minimum atomic E-state index is -1.31. The maximum Gasteiger partial charge on any atom is 0.249 e. The van der Waals surface area contributed by atoms with Crippen LogP contribution in [0.2, 0.25) is 0 Å². The largest absolute Gasteiger partial charge is 0.394 e. The van der Waals surface area contributed by atoms with Gasteiger partial charge in [0.1, 0.15) is 12.2 Å². The van der Waals surface area contributed by atoms with Crippen LogP contribution < -0.4 is 5.32 Å². The average molecular weight is 788 g/mol. The number of hydrogen-bond donors (Lipinski definition) is 5. The number of aliphatic hydroxyl groups excluding tert-OH is 4. The van der Waals surface area contributed by atoms with E-state index in [4.69, 9.17) is 0 Å². The zero-order valence-electron chi connectivity index (χ0n) is 36.9. The number of allylic oxidation sites excluding steroid dienone is 7. The Balaban J connectivity index is 3.75. The lowest BCUT2D eigenvalue weighted by molar-refractivity contribution is -0.132. The summed E-state index contributed by atoms with van der Waals surface area (Å²) < 4.78 is 0. The van der Waals surface area contributed by atoms with E-state index in [9.17, 15) is 25.2 Å². The highest BCUT2D eigenvalue weighted by molar-refractivity contribution is 5.81. The van der Waals surface area contributed by atoms with Crippen molar-refractivity contribution in [1.29, 1.82) is 0 Å². The molecule has 0 aromatic rings. The van der Waals surface area contributed by atoms with Gasteiger partial charge in [0.2, 0.25) is 5.91 Å². The second-order valence-corrected chi connectivity index (χ2v) is 16.4. The molecule has 0 aliphatic heterocycles. The van der Waals surface area contributed by atoms with Crippen LogP contribution in [0.4, 0.5) is 0 Å². The Morgan fingerprint density at radius 1 is 0.464 bits per heavy atom. The summed E-state index contributed by atoms with van der Waals surface area (Å²) in [5, 5.41) is 43.5. The number of nitrogens with one attached hydrogen (secondary N) is 1. The summed E-state index contributed by atoms with van der Waals surface area (Å²) >= 11 is 0. The summed E-state index contributed by atoms with van der Waals surface area (Å²) in [7, 11) is 0. The Morgan fingerprint density at radius 2 is 0.821 bits per heavy atom. The lowest BCUT2D eigenvalue weighted by atomic mass is 10.0. The van der Waals surface area contributed by atoms with E-state index in [-0.39, 0.29) is 6.42 Å². The van der Waals surface area contributed by atoms with E-state index >= 15 is 0 Å². The number of rotatable bonds is 43. The number of aliphatic hydroxyl groups is 4. The van der Waals surface area contributed by atoms with Gasteiger partial charge in [-0.2, -0.15) is 0 Å². The number of carbonyl (C=O) groups excluding carboxylic acids is 1. The molecule has 0 saturated carbocycles. The number of carbonyl (C=O) groups is 1. The van der Waals surface area contributed by atoms with Gasteiger partial charge in [-0.15, -0.1) is 0 Å². The van der Waals surface area contributed by atoms with Gasteiger partial charge in [-0.1, -0.05) is 210 Å². The fourth-order valence-electron chi connectivity index (χ4n) is 7.17. The van der Waals surface area contributed by atoms with Crippen LogP contribution in [0.1, 0.15) is 232 Å². The maximum atomic E-state index is 12.4. The molecule has 0 fully saturated rings. The van der Waals surface area contributed by atoms with Crippen LogP contribution in [0.25, 0.3) is 0 Å². The van der Waals surface area contributed by atoms with Gasteiger partial charge in [0.25, 0.3) is 0 Å². The standard InChI is InChI=1S/C50H93NO5/c1-3-5-7-9-11-13-15-17-18-19-20-21-22-23-24-25-26-27-28-29-30-31-32-34-35-37-39-41-43-47(53)49(55)46(45-52)51-50(56)48(54)44-42-40-38-36-33-16-14-12-10-8-6-4-2/h30-31,33,35-37,40,42,46-49,52-55H,3-29,32,34,38-39,41,43-45H2,1-2H3,(H,51,56)/b31-30+,36-33-,37-35+,42-40-. The lowest BCUT2D eigenvalue weighted by Crippen LogP contribution is -2.52. The first-order valence-electron chi connectivity index (χ1n) is 24.0. The Hall–Kier alpha value is -1.73. The Labute approximate surface area is 347 Å². The van der Waals surface area contributed by atoms with Crippen molar-refractivity contribution in [3.8, 4) is 0 Å². The van der Waals surface area contributed by atoms with Crippen molar-refractivity contribution in [1.82, 2.24) is 5.32 Å². The van der Waals surface area contributed by atoms with E-state index in [2.05, 4.69) is 55.6 Å². The van der Waals surface area contributed by atoms with E-state index in [1.54, 1.807) is 6.08 Å². The SMILES string of the molecule is CCCCCCCC/C=C\C/C=C\CC(O)C(=O)NC(CO)C(O)C(O)CCC/C=C/CC/C=C/CCCCCCCCCCCCCCCCCCCCC. The summed E-state index contributed by atoms with van der Waals surface area (Å²) in [5.74, 6) is -0.666. The molecule has 4 atom stereocenters. The highest BCUT2D eigenvalue weighted by atomic mass is 16.3. The van der Waals surface area contributed by atoms with Gasteiger partial charge in [-0.25, -0.2) is 0 Å². The second kappa shape index (κ2) is 44.4. The molecule has 1 amide bonds. The molecule has 5 N–H and O–H groups in total. The van der Waals surface area contributed by atoms with Crippen molar-refractivity contribution in [3.05, 3.63) is 48.6 Å². The molecule has 56 heavy (non-hydrogen) atoms. The first-order chi connectivity index (χ1) is 27.5.